The number of hydrogen-bond acceptors (Lipinski definition) is 8. The lowest BCUT2D eigenvalue weighted by atomic mass is 10.0. The third kappa shape index (κ3) is 7.99. The summed E-state index contributed by atoms with van der Waals surface area (Å²) in [5, 5.41) is 10.5. The number of nitrogens with zero attached hydrogens (tertiary/aromatic N) is 3. The monoisotopic (exact) mass is 659 g/mol. The first kappa shape index (κ1) is 33.6. The molecule has 1 aliphatic heterocycles. The van der Waals surface area contributed by atoms with Crippen LogP contribution >= 0.6 is 0 Å². The molecule has 4 aromatic rings. The van der Waals surface area contributed by atoms with E-state index in [2.05, 4.69) is 19.5 Å². The summed E-state index contributed by atoms with van der Waals surface area (Å²) < 4.78 is 44.0. The Hall–Kier alpha value is -4.72. The highest BCUT2D eigenvalue weighted by Crippen LogP contribution is 2.34. The largest absolute Gasteiger partial charge is 0.497 e. The van der Waals surface area contributed by atoms with E-state index >= 15 is 0 Å². The van der Waals surface area contributed by atoms with Gasteiger partial charge in [-0.3, -0.25) is 15.1 Å². The molecule has 0 saturated heterocycles. The van der Waals surface area contributed by atoms with Crippen molar-refractivity contribution < 1.29 is 22.7 Å². The lowest BCUT2D eigenvalue weighted by molar-refractivity contribution is -0.120. The summed E-state index contributed by atoms with van der Waals surface area (Å²) >= 11 is 0. The van der Waals surface area contributed by atoms with Gasteiger partial charge in [-0.15, -0.1) is 0 Å². The van der Waals surface area contributed by atoms with Gasteiger partial charge in [-0.1, -0.05) is 30.3 Å². The fourth-order valence-electron chi connectivity index (χ4n) is 5.83. The molecule has 13 heteroatoms. The lowest BCUT2D eigenvalue weighted by Crippen LogP contribution is -2.37. The summed E-state index contributed by atoms with van der Waals surface area (Å²) in [6.07, 6.45) is 3.30. The maximum absolute atomic E-state index is 14.1. The van der Waals surface area contributed by atoms with Gasteiger partial charge in [0.15, 0.2) is 0 Å². The molecule has 1 atom stereocenters. The highest BCUT2D eigenvalue weighted by atomic mass is 32.2. The van der Waals surface area contributed by atoms with Crippen LogP contribution in [0, 0.1) is 5.41 Å². The molecule has 5 N–H and O–H groups in total. The molecule has 0 saturated carbocycles. The van der Waals surface area contributed by atoms with Crippen molar-refractivity contribution in [2.24, 2.45) is 5.73 Å². The minimum atomic E-state index is -4.04. The van der Waals surface area contributed by atoms with Gasteiger partial charge < -0.3 is 25.1 Å². The van der Waals surface area contributed by atoms with Crippen molar-refractivity contribution in [3.63, 3.8) is 0 Å². The standard InChI is InChI=1S/C34H41N7O5S/c1-37-32(42)11-6-14-40-15-16-41-26(22-40)21-38-34(41)30(18-23-7-4-9-25(17-23)33(35)36)39-47(43,44)28-10-5-8-24(19-28)29-13-12-27(45-2)20-31(29)46-3/h4-5,7-10,12-13,17,19-21,30,39H,6,11,14-16,18,22H2,1-3H3,(H3,35,36)(H,37,42). The van der Waals surface area contributed by atoms with Crippen LogP contribution in [0.5, 0.6) is 11.5 Å². The second kappa shape index (κ2) is 14.8. The zero-order chi connectivity index (χ0) is 33.6. The van der Waals surface area contributed by atoms with Crippen LogP contribution in [0.4, 0.5) is 0 Å². The lowest BCUT2D eigenvalue weighted by Gasteiger charge is -2.30. The van der Waals surface area contributed by atoms with Gasteiger partial charge in [0.05, 0.1) is 30.9 Å². The average molecular weight is 660 g/mol. The van der Waals surface area contributed by atoms with Crippen LogP contribution in [0.15, 0.2) is 77.8 Å². The topological polar surface area (TPSA) is 165 Å². The van der Waals surface area contributed by atoms with Crippen LogP contribution in [0.1, 0.15) is 41.5 Å². The van der Waals surface area contributed by atoms with Gasteiger partial charge >= 0.3 is 0 Å². The van der Waals surface area contributed by atoms with Crippen LogP contribution < -0.4 is 25.2 Å². The second-order valence-electron chi connectivity index (χ2n) is 11.4. The highest BCUT2D eigenvalue weighted by Gasteiger charge is 2.29. The number of nitrogens with two attached hydrogens (primary N) is 1. The van der Waals surface area contributed by atoms with Crippen molar-refractivity contribution in [1.29, 1.82) is 5.41 Å². The van der Waals surface area contributed by atoms with Crippen molar-refractivity contribution in [2.45, 2.75) is 43.3 Å². The number of fused-ring (bicyclic) bond motifs is 1. The zero-order valence-electron chi connectivity index (χ0n) is 26.8. The third-order valence-corrected chi connectivity index (χ3v) is 9.77. The number of hydrogen-bond donors (Lipinski definition) is 4. The van der Waals surface area contributed by atoms with Gasteiger partial charge in [-0.25, -0.2) is 18.1 Å². The summed E-state index contributed by atoms with van der Waals surface area (Å²) in [6.45, 7) is 2.79. The number of imidazole rings is 1. The minimum absolute atomic E-state index is 0.0204. The van der Waals surface area contributed by atoms with Gasteiger partial charge in [-0.05, 0) is 60.8 Å². The maximum Gasteiger partial charge on any atom is 0.241 e. The van der Waals surface area contributed by atoms with Crippen LogP contribution in [-0.2, 0) is 34.3 Å². The molecule has 0 bridgehead atoms. The molecule has 1 amide bonds. The Kier molecular flexibility index (Phi) is 10.6. The number of nitrogen functional groups attached to an aromatic ring is 1. The average Bonchev–Trinajstić information content (AvgIpc) is 3.51. The summed E-state index contributed by atoms with van der Waals surface area (Å²) in [5.41, 5.74) is 9.50. The molecule has 3 aromatic carbocycles. The first-order chi connectivity index (χ1) is 22.6. The Bertz CT molecular complexity index is 1860. The number of amides is 1. The normalized spacial score (nSPS) is 13.9. The number of amidine groups is 1. The molecule has 0 spiro atoms. The molecule has 248 valence electrons. The Balaban J connectivity index is 1.45. The molecule has 12 nitrogen and oxygen atoms in total. The predicted octanol–water partition coefficient (Wildman–Crippen LogP) is 3.46. The number of carbonyl (C=O) groups excluding carboxylic acids is 1. The summed E-state index contributed by atoms with van der Waals surface area (Å²) in [6, 6.07) is 18.6. The molecule has 47 heavy (non-hydrogen) atoms. The van der Waals surface area contributed by atoms with Crippen molar-refractivity contribution in [2.75, 3.05) is 34.4 Å². The van der Waals surface area contributed by atoms with E-state index in [1.807, 2.05) is 18.2 Å². The summed E-state index contributed by atoms with van der Waals surface area (Å²) in [5.74, 6) is 1.75. The molecule has 0 aliphatic carbocycles. The number of sulfonamides is 1. The number of aromatic nitrogens is 2. The first-order valence-electron chi connectivity index (χ1n) is 15.4. The molecule has 2 heterocycles. The van der Waals surface area contributed by atoms with Gasteiger partial charge in [0.25, 0.3) is 0 Å². The quantitative estimate of drug-likeness (QED) is 0.118. The minimum Gasteiger partial charge on any atom is -0.497 e. The molecule has 0 radical (unpaired) electrons. The summed E-state index contributed by atoms with van der Waals surface area (Å²) in [7, 11) is 0.728. The molecular formula is C34H41N7O5S. The molecule has 1 unspecified atom stereocenters. The van der Waals surface area contributed by atoms with Crippen molar-refractivity contribution >= 4 is 21.8 Å². The highest BCUT2D eigenvalue weighted by molar-refractivity contribution is 7.89. The third-order valence-electron chi connectivity index (χ3n) is 8.30. The summed E-state index contributed by atoms with van der Waals surface area (Å²) in [4.78, 5) is 18.8. The Morgan fingerprint density at radius 2 is 1.87 bits per heavy atom. The van der Waals surface area contributed by atoms with E-state index in [0.29, 0.717) is 54.4 Å². The zero-order valence-corrected chi connectivity index (χ0v) is 27.6. The van der Waals surface area contributed by atoms with E-state index in [-0.39, 0.29) is 16.6 Å². The van der Waals surface area contributed by atoms with Gasteiger partial charge in [0, 0.05) is 56.5 Å². The van der Waals surface area contributed by atoms with Crippen LogP contribution in [-0.4, -0.2) is 69.0 Å². The number of benzene rings is 3. The number of carbonyl (C=O) groups is 1. The van der Waals surface area contributed by atoms with Gasteiger partial charge in [-0.2, -0.15) is 0 Å². The molecule has 5 rings (SSSR count). The van der Waals surface area contributed by atoms with E-state index in [0.717, 1.165) is 36.3 Å². The van der Waals surface area contributed by atoms with Crippen molar-refractivity contribution in [3.8, 4) is 22.6 Å². The van der Waals surface area contributed by atoms with Gasteiger partial charge in [0.1, 0.15) is 23.2 Å². The number of methoxy groups -OCH3 is 2. The van der Waals surface area contributed by atoms with E-state index in [9.17, 15) is 13.2 Å². The van der Waals surface area contributed by atoms with Crippen molar-refractivity contribution in [3.05, 3.63) is 95.6 Å². The Morgan fingerprint density at radius 3 is 2.62 bits per heavy atom. The van der Waals surface area contributed by atoms with E-state index in [1.54, 1.807) is 76.0 Å². The maximum atomic E-state index is 14.1. The van der Waals surface area contributed by atoms with Crippen molar-refractivity contribution in [1.82, 2.24) is 24.5 Å². The molecule has 1 aliphatic rings. The number of ether oxygens (including phenoxy) is 2. The van der Waals surface area contributed by atoms with Crippen LogP contribution in [0.25, 0.3) is 11.1 Å². The Labute approximate surface area is 275 Å². The SMILES string of the molecule is CNC(=O)CCCN1CCn2c(cnc2C(Cc2cccc(C(=N)N)c2)NS(=O)(=O)c2cccc(-c3ccc(OC)cc3OC)c2)C1. The molecule has 0 fully saturated rings. The second-order valence-corrected chi connectivity index (χ2v) is 13.1. The van der Waals surface area contributed by atoms with E-state index in [1.165, 1.54) is 0 Å². The van der Waals surface area contributed by atoms with Crippen LogP contribution in [0.2, 0.25) is 0 Å². The first-order valence-corrected chi connectivity index (χ1v) is 16.9. The smallest absolute Gasteiger partial charge is 0.241 e. The predicted molar refractivity (Wildman–Crippen MR) is 180 cm³/mol. The molecular weight excluding hydrogens is 618 g/mol. The van der Waals surface area contributed by atoms with E-state index in [4.69, 9.17) is 25.6 Å². The fraction of sp³-hybridized carbons (Fsp3) is 0.324. The van der Waals surface area contributed by atoms with E-state index < -0.39 is 16.1 Å². The number of nitrogens with one attached hydrogen (secondary N) is 3. The van der Waals surface area contributed by atoms with Crippen LogP contribution in [0.3, 0.4) is 0 Å². The fourth-order valence-corrected chi connectivity index (χ4v) is 7.07. The number of rotatable bonds is 14. The Morgan fingerprint density at radius 1 is 1.06 bits per heavy atom. The molecule has 1 aromatic heterocycles. The van der Waals surface area contributed by atoms with Gasteiger partial charge in [0.2, 0.25) is 15.9 Å².